The van der Waals surface area contributed by atoms with Crippen molar-refractivity contribution in [3.8, 4) is 0 Å². The molecule has 0 radical (unpaired) electrons. The maximum atomic E-state index is 12.5. The molecule has 1 fully saturated rings. The number of fused-ring (bicyclic) bond motifs is 1. The minimum absolute atomic E-state index is 0.0118. The van der Waals surface area contributed by atoms with Crippen molar-refractivity contribution in [3.05, 3.63) is 6.33 Å². The van der Waals surface area contributed by atoms with E-state index in [4.69, 9.17) is 21.3 Å². The number of aliphatic hydroxyl groups excluding tert-OH is 2. The van der Waals surface area contributed by atoms with Crippen LogP contribution in [0.3, 0.4) is 0 Å². The molecule has 11 N–H and O–H groups in total. The van der Waals surface area contributed by atoms with Gasteiger partial charge in [-0.1, -0.05) is 6.42 Å². The summed E-state index contributed by atoms with van der Waals surface area (Å²) in [7, 11) is -3.22. The van der Waals surface area contributed by atoms with Crippen molar-refractivity contribution in [2.24, 2.45) is 5.73 Å². The molecular formula is C23H38N10O9S. The number of aliphatic hydroxyl groups is 2. The second-order valence-corrected chi connectivity index (χ2v) is 11.8. The van der Waals surface area contributed by atoms with E-state index in [1.807, 2.05) is 0 Å². The lowest BCUT2D eigenvalue weighted by atomic mass is 10.1. The topological polar surface area (TPSA) is 299 Å². The van der Waals surface area contributed by atoms with Gasteiger partial charge in [-0.25, -0.2) is 18.1 Å². The van der Waals surface area contributed by atoms with Crippen LogP contribution in [0.4, 0.5) is 11.8 Å². The predicted octanol–water partition coefficient (Wildman–Crippen LogP) is -3.42. The van der Waals surface area contributed by atoms with Crippen LogP contribution < -0.4 is 32.1 Å². The van der Waals surface area contributed by atoms with Gasteiger partial charge < -0.3 is 47.5 Å². The number of carboxylic acids is 1. The molecule has 43 heavy (non-hydrogen) atoms. The van der Waals surface area contributed by atoms with Crippen LogP contribution in [0.25, 0.3) is 11.2 Å². The molecule has 3 heterocycles. The molecule has 5 unspecified atom stereocenters. The van der Waals surface area contributed by atoms with Crippen LogP contribution in [0.2, 0.25) is 0 Å². The quantitative estimate of drug-likeness (QED) is 0.0769. The Morgan fingerprint density at radius 1 is 1.07 bits per heavy atom. The van der Waals surface area contributed by atoms with E-state index in [-0.39, 0.29) is 61.3 Å². The standard InChI is InChI=1S/C23H38N10O9S/c1-43(40,41)30-7-4-2-3-5-13(34)26-9-10-28-23-31-18(25)14-19(32-23)33(11-29-14)21-16(36)15(35)17(42-21)20(37)27-8-6-12(24)22(38)39/h11-12,15-17,21,30,35-36H,2-10,24H2,1H3,(H,26,34)(H,27,37)(H,38,39)(H3,25,28,31,32). The van der Waals surface area contributed by atoms with Crippen LogP contribution in [0.15, 0.2) is 6.33 Å². The van der Waals surface area contributed by atoms with Crippen LogP contribution in [-0.4, -0.2) is 118 Å². The van der Waals surface area contributed by atoms with Crippen molar-refractivity contribution in [1.29, 1.82) is 0 Å². The number of carbonyl (C=O) groups excluding carboxylic acids is 2. The smallest absolute Gasteiger partial charge is 0.320 e. The summed E-state index contributed by atoms with van der Waals surface area (Å²) in [6.45, 7) is 0.737. The summed E-state index contributed by atoms with van der Waals surface area (Å²) in [6, 6.07) is -1.18. The van der Waals surface area contributed by atoms with E-state index in [2.05, 4.69) is 35.6 Å². The molecule has 0 spiro atoms. The molecule has 240 valence electrons. The fraction of sp³-hybridized carbons (Fsp3) is 0.652. The number of carbonyl (C=O) groups is 3. The summed E-state index contributed by atoms with van der Waals surface area (Å²) < 4.78 is 31.4. The highest BCUT2D eigenvalue weighted by Crippen LogP contribution is 2.32. The fourth-order valence-corrected chi connectivity index (χ4v) is 4.71. The normalized spacial score (nSPS) is 21.0. The maximum absolute atomic E-state index is 12.5. The van der Waals surface area contributed by atoms with Gasteiger partial charge in [0.05, 0.1) is 12.6 Å². The zero-order valence-electron chi connectivity index (χ0n) is 23.5. The molecule has 19 nitrogen and oxygen atoms in total. The Labute approximate surface area is 246 Å². The number of amides is 2. The number of carboxylic acid groups (broad SMARTS) is 1. The summed E-state index contributed by atoms with van der Waals surface area (Å²) in [4.78, 5) is 48.1. The van der Waals surface area contributed by atoms with Gasteiger partial charge in [-0.05, 0) is 19.3 Å². The lowest BCUT2D eigenvalue weighted by Crippen LogP contribution is -2.44. The largest absolute Gasteiger partial charge is 0.480 e. The van der Waals surface area contributed by atoms with Gasteiger partial charge >= 0.3 is 5.97 Å². The average Bonchev–Trinajstić information content (AvgIpc) is 3.48. The van der Waals surface area contributed by atoms with Crippen LogP contribution in [0, 0.1) is 0 Å². The van der Waals surface area contributed by atoms with Crippen molar-refractivity contribution in [2.75, 3.05) is 43.5 Å². The van der Waals surface area contributed by atoms with Crippen molar-refractivity contribution in [3.63, 3.8) is 0 Å². The molecule has 1 aliphatic rings. The SMILES string of the molecule is CS(=O)(=O)NCCCCCC(=O)NCCNc1nc(N)c2ncn(C3OC(C(=O)NCCC(N)C(=O)O)C(O)C3O)c2n1. The Morgan fingerprint density at radius 2 is 1.81 bits per heavy atom. The molecule has 3 rings (SSSR count). The lowest BCUT2D eigenvalue weighted by Gasteiger charge is -2.17. The summed E-state index contributed by atoms with van der Waals surface area (Å²) in [5.41, 5.74) is 11.8. The monoisotopic (exact) mass is 630 g/mol. The third-order valence-electron chi connectivity index (χ3n) is 6.47. The number of hydrogen-bond acceptors (Lipinski definition) is 14. The van der Waals surface area contributed by atoms with Crippen LogP contribution in [0.5, 0.6) is 0 Å². The van der Waals surface area contributed by atoms with Gasteiger partial charge in [0.2, 0.25) is 21.9 Å². The molecule has 1 aliphatic heterocycles. The highest BCUT2D eigenvalue weighted by atomic mass is 32.2. The summed E-state index contributed by atoms with van der Waals surface area (Å²) in [5.74, 6) is -2.05. The maximum Gasteiger partial charge on any atom is 0.320 e. The first-order chi connectivity index (χ1) is 20.3. The molecule has 2 aromatic heterocycles. The third kappa shape index (κ3) is 9.66. The van der Waals surface area contributed by atoms with Crippen molar-refractivity contribution < 1.29 is 42.9 Å². The van der Waals surface area contributed by atoms with Crippen molar-refractivity contribution in [1.82, 2.24) is 34.9 Å². The Kier molecular flexibility index (Phi) is 11.9. The zero-order valence-corrected chi connectivity index (χ0v) is 24.3. The molecule has 0 aromatic carbocycles. The number of sulfonamides is 1. The van der Waals surface area contributed by atoms with Crippen LogP contribution in [-0.2, 0) is 29.1 Å². The number of nitrogen functional groups attached to an aromatic ring is 1. The van der Waals surface area contributed by atoms with Gasteiger partial charge in [-0.3, -0.25) is 19.0 Å². The first-order valence-electron chi connectivity index (χ1n) is 13.5. The Morgan fingerprint density at radius 3 is 2.51 bits per heavy atom. The minimum atomic E-state index is -3.22. The summed E-state index contributed by atoms with van der Waals surface area (Å²) in [6.07, 6.45) is -1.37. The fourth-order valence-electron chi connectivity index (χ4n) is 4.19. The zero-order chi connectivity index (χ0) is 31.7. The van der Waals surface area contributed by atoms with Gasteiger partial charge in [0.15, 0.2) is 23.8 Å². The molecule has 2 amide bonds. The molecule has 20 heteroatoms. The molecule has 0 aliphatic carbocycles. The van der Waals surface area contributed by atoms with E-state index < -0.39 is 52.5 Å². The predicted molar refractivity (Wildman–Crippen MR) is 152 cm³/mol. The number of imidazole rings is 1. The second kappa shape index (κ2) is 15.2. The summed E-state index contributed by atoms with van der Waals surface area (Å²) >= 11 is 0. The first kappa shape index (κ1) is 33.8. The number of anilines is 2. The van der Waals surface area contributed by atoms with E-state index in [0.29, 0.717) is 25.8 Å². The van der Waals surface area contributed by atoms with Crippen LogP contribution >= 0.6 is 0 Å². The van der Waals surface area contributed by atoms with Gasteiger partial charge in [-0.15, -0.1) is 0 Å². The number of aliphatic carboxylic acids is 1. The van der Waals surface area contributed by atoms with E-state index in [1.165, 1.54) is 10.9 Å². The molecule has 0 saturated carbocycles. The first-order valence-corrected chi connectivity index (χ1v) is 15.4. The number of unbranched alkanes of at least 4 members (excludes halogenated alkanes) is 2. The van der Waals surface area contributed by atoms with E-state index in [0.717, 1.165) is 6.26 Å². The number of hydrogen-bond donors (Lipinski definition) is 9. The second-order valence-electron chi connectivity index (χ2n) is 9.96. The van der Waals surface area contributed by atoms with E-state index >= 15 is 0 Å². The molecular weight excluding hydrogens is 592 g/mol. The number of nitrogens with two attached hydrogens (primary N) is 2. The Bertz CT molecular complexity index is 1390. The summed E-state index contributed by atoms with van der Waals surface area (Å²) in [5, 5.41) is 38.1. The van der Waals surface area contributed by atoms with E-state index in [9.17, 15) is 33.0 Å². The Balaban J connectivity index is 1.52. The minimum Gasteiger partial charge on any atom is -0.480 e. The number of rotatable bonds is 17. The highest BCUT2D eigenvalue weighted by molar-refractivity contribution is 7.88. The number of nitrogens with one attached hydrogen (secondary N) is 4. The number of aromatic nitrogens is 4. The third-order valence-corrected chi connectivity index (χ3v) is 7.19. The molecule has 0 bridgehead atoms. The average molecular weight is 631 g/mol. The van der Waals surface area contributed by atoms with Crippen molar-refractivity contribution in [2.45, 2.75) is 62.7 Å². The Hall–Kier alpha value is -3.69. The number of nitrogens with zero attached hydrogens (tertiary/aromatic N) is 4. The highest BCUT2D eigenvalue weighted by Gasteiger charge is 2.47. The van der Waals surface area contributed by atoms with Crippen molar-refractivity contribution >= 4 is 50.7 Å². The lowest BCUT2D eigenvalue weighted by molar-refractivity contribution is -0.140. The molecule has 5 atom stereocenters. The van der Waals surface area contributed by atoms with Gasteiger partial charge in [-0.2, -0.15) is 9.97 Å². The van der Waals surface area contributed by atoms with Gasteiger partial charge in [0.1, 0.15) is 23.8 Å². The van der Waals surface area contributed by atoms with Crippen LogP contribution in [0.1, 0.15) is 38.3 Å². The van der Waals surface area contributed by atoms with E-state index in [1.54, 1.807) is 0 Å². The molecule has 1 saturated heterocycles. The van der Waals surface area contributed by atoms with Gasteiger partial charge in [0, 0.05) is 32.6 Å². The number of ether oxygens (including phenoxy) is 1. The molecule has 2 aromatic rings. The van der Waals surface area contributed by atoms with Gasteiger partial charge in [0.25, 0.3) is 5.91 Å².